The first-order valence-electron chi connectivity index (χ1n) is 9.94. The summed E-state index contributed by atoms with van der Waals surface area (Å²) in [5.74, 6) is 0.426. The van der Waals surface area contributed by atoms with Crippen molar-refractivity contribution in [2.45, 2.75) is 23.8 Å². The van der Waals surface area contributed by atoms with Crippen molar-refractivity contribution >= 4 is 21.8 Å². The van der Waals surface area contributed by atoms with Crippen molar-refractivity contribution in [3.63, 3.8) is 0 Å². The molecule has 0 bridgehead atoms. The van der Waals surface area contributed by atoms with Gasteiger partial charge < -0.3 is 20.1 Å². The average molecular weight is 445 g/mol. The molecular formula is C21H23N3O6S. The molecule has 164 valence electrons. The van der Waals surface area contributed by atoms with Crippen LogP contribution >= 0.6 is 0 Å². The molecule has 2 amide bonds. The molecule has 3 N–H and O–H groups in total. The molecule has 2 aliphatic heterocycles. The van der Waals surface area contributed by atoms with Crippen molar-refractivity contribution in [1.29, 1.82) is 0 Å². The first-order chi connectivity index (χ1) is 14.8. The fourth-order valence-corrected chi connectivity index (χ4v) is 4.81. The number of amides is 2. The summed E-state index contributed by atoms with van der Waals surface area (Å²) in [6.07, 6.45) is 1.70. The van der Waals surface area contributed by atoms with Gasteiger partial charge in [-0.05, 0) is 54.8 Å². The molecule has 1 saturated heterocycles. The van der Waals surface area contributed by atoms with E-state index in [1.165, 1.54) is 24.3 Å². The maximum Gasteiger partial charge on any atom is 0.254 e. The Kier molecular flexibility index (Phi) is 5.84. The van der Waals surface area contributed by atoms with E-state index in [0.29, 0.717) is 36.8 Å². The van der Waals surface area contributed by atoms with Gasteiger partial charge in [0.1, 0.15) is 13.2 Å². The lowest BCUT2D eigenvalue weighted by Gasteiger charge is -2.27. The van der Waals surface area contributed by atoms with E-state index in [4.69, 9.17) is 15.2 Å². The van der Waals surface area contributed by atoms with Crippen LogP contribution in [-0.2, 0) is 14.8 Å². The average Bonchev–Trinajstić information content (AvgIpc) is 3.27. The number of rotatable bonds is 6. The van der Waals surface area contributed by atoms with Gasteiger partial charge in [0, 0.05) is 12.1 Å². The van der Waals surface area contributed by atoms with Gasteiger partial charge in [-0.25, -0.2) is 13.1 Å². The van der Waals surface area contributed by atoms with Gasteiger partial charge in [0.05, 0.1) is 17.5 Å². The fourth-order valence-electron chi connectivity index (χ4n) is 3.82. The molecule has 1 atom stereocenters. The molecule has 0 aliphatic carbocycles. The number of hydrogen-bond acceptors (Lipinski definition) is 6. The van der Waals surface area contributed by atoms with Crippen LogP contribution in [0.25, 0.3) is 0 Å². The highest BCUT2D eigenvalue weighted by molar-refractivity contribution is 7.89. The molecule has 0 saturated carbocycles. The van der Waals surface area contributed by atoms with E-state index in [0.717, 1.165) is 18.4 Å². The molecule has 9 nitrogen and oxygen atoms in total. The number of likely N-dealkylation sites (tertiary alicyclic amines) is 1. The second-order valence-electron chi connectivity index (χ2n) is 7.37. The predicted molar refractivity (Wildman–Crippen MR) is 111 cm³/mol. The quantitative estimate of drug-likeness (QED) is 0.688. The van der Waals surface area contributed by atoms with Gasteiger partial charge >= 0.3 is 0 Å². The van der Waals surface area contributed by atoms with Gasteiger partial charge in [-0.15, -0.1) is 0 Å². The lowest BCUT2D eigenvalue weighted by atomic mass is 10.0. The highest BCUT2D eigenvalue weighted by Gasteiger charge is 2.31. The third-order valence-corrected chi connectivity index (χ3v) is 6.73. The van der Waals surface area contributed by atoms with Crippen molar-refractivity contribution in [2.24, 2.45) is 5.73 Å². The molecule has 0 aromatic heterocycles. The molecule has 2 heterocycles. The van der Waals surface area contributed by atoms with E-state index in [1.807, 2.05) is 18.2 Å². The van der Waals surface area contributed by atoms with Gasteiger partial charge in [-0.1, -0.05) is 6.07 Å². The normalized spacial score (nSPS) is 18.1. The van der Waals surface area contributed by atoms with Crippen molar-refractivity contribution < 1.29 is 27.5 Å². The van der Waals surface area contributed by atoms with Crippen LogP contribution in [0.2, 0.25) is 0 Å². The summed E-state index contributed by atoms with van der Waals surface area (Å²) in [5.41, 5.74) is 6.34. The molecule has 0 radical (unpaired) electrons. The number of carbonyl (C=O) groups is 2. The summed E-state index contributed by atoms with van der Waals surface area (Å²) in [5, 5.41) is 0. The lowest BCUT2D eigenvalue weighted by molar-refractivity contribution is -0.116. The zero-order valence-corrected chi connectivity index (χ0v) is 17.6. The number of sulfonamides is 1. The number of primary amides is 1. The van der Waals surface area contributed by atoms with Gasteiger partial charge in [-0.2, -0.15) is 0 Å². The number of nitrogens with one attached hydrogen (secondary N) is 1. The van der Waals surface area contributed by atoms with E-state index < -0.39 is 22.5 Å². The predicted octanol–water partition coefficient (Wildman–Crippen LogP) is 1.20. The maximum atomic E-state index is 13.1. The number of nitrogens with zero attached hydrogens (tertiary/aromatic N) is 1. The molecule has 0 unspecified atom stereocenters. The SMILES string of the molecule is NC(=O)CNS(=O)(=O)c1ccc(C(=O)N2CCC[C@@H]2c2ccc3c(c2)OCCO3)cc1. The minimum absolute atomic E-state index is 0.0462. The van der Waals surface area contributed by atoms with Crippen molar-refractivity contribution in [2.75, 3.05) is 26.3 Å². The zero-order valence-electron chi connectivity index (χ0n) is 16.7. The lowest BCUT2D eigenvalue weighted by Crippen LogP contribution is -2.33. The van der Waals surface area contributed by atoms with Gasteiger partial charge in [0.15, 0.2) is 11.5 Å². The minimum Gasteiger partial charge on any atom is -0.486 e. The van der Waals surface area contributed by atoms with Crippen LogP contribution in [0.5, 0.6) is 11.5 Å². The Hall–Kier alpha value is -3.11. The molecule has 1 fully saturated rings. The summed E-state index contributed by atoms with van der Waals surface area (Å²) < 4.78 is 37.7. The van der Waals surface area contributed by atoms with Crippen molar-refractivity contribution in [1.82, 2.24) is 9.62 Å². The smallest absolute Gasteiger partial charge is 0.254 e. The van der Waals surface area contributed by atoms with Crippen molar-refractivity contribution in [3.8, 4) is 11.5 Å². The molecule has 2 aromatic carbocycles. The van der Waals surface area contributed by atoms with Crippen LogP contribution < -0.4 is 19.9 Å². The fraction of sp³-hybridized carbons (Fsp3) is 0.333. The summed E-state index contributed by atoms with van der Waals surface area (Å²) >= 11 is 0. The van der Waals surface area contributed by atoms with E-state index >= 15 is 0 Å². The Morgan fingerprint density at radius 1 is 1.06 bits per heavy atom. The topological polar surface area (TPSA) is 128 Å². The Labute approximate surface area is 180 Å². The van der Waals surface area contributed by atoms with Crippen molar-refractivity contribution in [3.05, 3.63) is 53.6 Å². The summed E-state index contributed by atoms with van der Waals surface area (Å²) in [6, 6.07) is 11.3. The second kappa shape index (κ2) is 8.56. The largest absolute Gasteiger partial charge is 0.486 e. The number of carbonyl (C=O) groups excluding carboxylic acids is 2. The number of fused-ring (bicyclic) bond motifs is 1. The first-order valence-corrected chi connectivity index (χ1v) is 11.4. The van der Waals surface area contributed by atoms with E-state index in [-0.39, 0.29) is 16.8 Å². The zero-order chi connectivity index (χ0) is 22.0. The van der Waals surface area contributed by atoms with Crippen LogP contribution in [0.1, 0.15) is 34.8 Å². The molecule has 10 heteroatoms. The summed E-state index contributed by atoms with van der Waals surface area (Å²) in [7, 11) is -3.88. The third kappa shape index (κ3) is 4.49. The number of benzene rings is 2. The number of ether oxygens (including phenoxy) is 2. The van der Waals surface area contributed by atoms with Crippen LogP contribution in [0.4, 0.5) is 0 Å². The highest BCUT2D eigenvalue weighted by atomic mass is 32.2. The number of nitrogens with two attached hydrogens (primary N) is 1. The molecule has 31 heavy (non-hydrogen) atoms. The second-order valence-corrected chi connectivity index (χ2v) is 9.14. The van der Waals surface area contributed by atoms with Crippen LogP contribution in [-0.4, -0.2) is 51.4 Å². The Morgan fingerprint density at radius 3 is 2.48 bits per heavy atom. The molecule has 4 rings (SSSR count). The Balaban J connectivity index is 1.51. The number of hydrogen-bond donors (Lipinski definition) is 2. The van der Waals surface area contributed by atoms with Crippen LogP contribution in [0.15, 0.2) is 47.4 Å². The molecule has 0 spiro atoms. The highest BCUT2D eigenvalue weighted by Crippen LogP contribution is 2.38. The van der Waals surface area contributed by atoms with Gasteiger partial charge in [-0.3, -0.25) is 9.59 Å². The molecule has 2 aromatic rings. The van der Waals surface area contributed by atoms with Gasteiger partial charge in [0.2, 0.25) is 15.9 Å². The molecular weight excluding hydrogens is 422 g/mol. The van der Waals surface area contributed by atoms with E-state index in [1.54, 1.807) is 4.90 Å². The van der Waals surface area contributed by atoms with Crippen LogP contribution in [0, 0.1) is 0 Å². The monoisotopic (exact) mass is 445 g/mol. The molecule has 2 aliphatic rings. The van der Waals surface area contributed by atoms with Gasteiger partial charge in [0.25, 0.3) is 5.91 Å². The Bertz CT molecular complexity index is 1100. The maximum absolute atomic E-state index is 13.1. The third-order valence-electron chi connectivity index (χ3n) is 5.31. The summed E-state index contributed by atoms with van der Waals surface area (Å²) in [4.78, 5) is 25.7. The Morgan fingerprint density at radius 2 is 1.77 bits per heavy atom. The first kappa shape index (κ1) is 21.1. The van der Waals surface area contributed by atoms with E-state index in [9.17, 15) is 18.0 Å². The standard InChI is InChI=1S/C21H23N3O6S/c22-20(25)13-23-31(27,28)16-6-3-14(4-7-16)21(26)24-9-1-2-17(24)15-5-8-18-19(12-15)30-11-10-29-18/h3-8,12,17,23H,1-2,9-11,13H2,(H2,22,25)/t17-/m1/s1. The van der Waals surface area contributed by atoms with Crippen LogP contribution in [0.3, 0.4) is 0 Å². The van der Waals surface area contributed by atoms with E-state index in [2.05, 4.69) is 4.72 Å². The summed E-state index contributed by atoms with van der Waals surface area (Å²) in [6.45, 7) is 1.13. The minimum atomic E-state index is -3.88.